The van der Waals surface area contributed by atoms with Crippen LogP contribution in [0.3, 0.4) is 0 Å². The second kappa shape index (κ2) is 4.61. The number of carboxylic acid groups (broad SMARTS) is 1. The van der Waals surface area contributed by atoms with Gasteiger partial charge in [0.2, 0.25) is 0 Å². The van der Waals surface area contributed by atoms with Crippen molar-refractivity contribution in [3.63, 3.8) is 0 Å². The minimum Gasteiger partial charge on any atom is -0.480 e. The van der Waals surface area contributed by atoms with Gasteiger partial charge in [0, 0.05) is 19.3 Å². The quantitative estimate of drug-likeness (QED) is 0.877. The van der Waals surface area contributed by atoms with Gasteiger partial charge in [-0.05, 0) is 37.7 Å². The topological polar surface area (TPSA) is 75.4 Å². The SMILES string of the molecule is Cc1cc(C(=O)N2CC3CCCC3C2C(=O)O)nn1C. The average Bonchev–Trinajstić information content (AvgIpc) is 3.02. The van der Waals surface area contributed by atoms with E-state index in [4.69, 9.17) is 0 Å². The van der Waals surface area contributed by atoms with Crippen LogP contribution in [0.15, 0.2) is 6.07 Å². The fourth-order valence-electron chi connectivity index (χ4n) is 3.64. The Morgan fingerprint density at radius 2 is 2.15 bits per heavy atom. The number of rotatable bonds is 2. The van der Waals surface area contributed by atoms with E-state index >= 15 is 0 Å². The smallest absolute Gasteiger partial charge is 0.326 e. The zero-order valence-electron chi connectivity index (χ0n) is 11.7. The van der Waals surface area contributed by atoms with E-state index in [0.717, 1.165) is 25.0 Å². The number of aryl methyl sites for hydroxylation is 2. The summed E-state index contributed by atoms with van der Waals surface area (Å²) in [6.07, 6.45) is 3.01. The molecule has 108 valence electrons. The van der Waals surface area contributed by atoms with Crippen molar-refractivity contribution < 1.29 is 14.7 Å². The molecule has 2 aliphatic rings. The van der Waals surface area contributed by atoms with E-state index in [-0.39, 0.29) is 11.8 Å². The van der Waals surface area contributed by atoms with Gasteiger partial charge in [0.25, 0.3) is 5.91 Å². The number of nitrogens with zero attached hydrogens (tertiary/aromatic N) is 3. The van der Waals surface area contributed by atoms with Crippen LogP contribution < -0.4 is 0 Å². The number of aliphatic carboxylic acids is 1. The number of likely N-dealkylation sites (tertiary alicyclic amines) is 1. The molecular formula is C14H19N3O3. The molecule has 3 atom stereocenters. The molecule has 1 aromatic rings. The lowest BCUT2D eigenvalue weighted by atomic mass is 9.94. The van der Waals surface area contributed by atoms with E-state index in [0.29, 0.717) is 18.2 Å². The summed E-state index contributed by atoms with van der Waals surface area (Å²) in [6, 6.07) is 1.03. The number of hydrogen-bond acceptors (Lipinski definition) is 3. The average molecular weight is 277 g/mol. The summed E-state index contributed by atoms with van der Waals surface area (Å²) in [5.74, 6) is -0.693. The maximum absolute atomic E-state index is 12.5. The van der Waals surface area contributed by atoms with Crippen LogP contribution in [0.1, 0.15) is 35.4 Å². The highest BCUT2D eigenvalue weighted by molar-refractivity contribution is 5.95. The fourth-order valence-corrected chi connectivity index (χ4v) is 3.64. The first-order valence-corrected chi connectivity index (χ1v) is 7.03. The number of hydrogen-bond donors (Lipinski definition) is 1. The molecule has 0 aromatic carbocycles. The molecule has 0 bridgehead atoms. The van der Waals surface area contributed by atoms with E-state index in [9.17, 15) is 14.7 Å². The standard InChI is InChI=1S/C14H19N3O3/c1-8-6-11(15-16(8)2)13(18)17-7-9-4-3-5-10(9)12(17)14(19)20/h6,9-10,12H,3-5,7H2,1-2H3,(H,19,20). The number of carboxylic acids is 1. The summed E-state index contributed by atoms with van der Waals surface area (Å²) in [5.41, 5.74) is 1.23. The van der Waals surface area contributed by atoms with Crippen molar-refractivity contribution in [3.8, 4) is 0 Å². The first kappa shape index (κ1) is 13.1. The first-order chi connectivity index (χ1) is 9.49. The summed E-state index contributed by atoms with van der Waals surface area (Å²) in [5, 5.41) is 13.6. The molecule has 20 heavy (non-hydrogen) atoms. The van der Waals surface area contributed by atoms with Crippen LogP contribution in [0.4, 0.5) is 0 Å². The largest absolute Gasteiger partial charge is 0.480 e. The molecule has 2 heterocycles. The number of carbonyl (C=O) groups is 2. The molecule has 1 saturated carbocycles. The molecular weight excluding hydrogens is 258 g/mol. The third-order valence-corrected chi connectivity index (χ3v) is 4.74. The van der Waals surface area contributed by atoms with Crippen LogP contribution in [-0.4, -0.2) is 44.3 Å². The first-order valence-electron chi connectivity index (χ1n) is 7.03. The van der Waals surface area contributed by atoms with Crippen molar-refractivity contribution in [3.05, 3.63) is 17.5 Å². The summed E-state index contributed by atoms with van der Waals surface area (Å²) >= 11 is 0. The van der Waals surface area contributed by atoms with Crippen molar-refractivity contribution in [1.82, 2.24) is 14.7 Å². The van der Waals surface area contributed by atoms with Crippen LogP contribution in [0, 0.1) is 18.8 Å². The third-order valence-electron chi connectivity index (χ3n) is 4.74. The number of amides is 1. The molecule has 1 saturated heterocycles. The van der Waals surface area contributed by atoms with E-state index < -0.39 is 12.0 Å². The molecule has 2 fully saturated rings. The van der Waals surface area contributed by atoms with Gasteiger partial charge in [-0.1, -0.05) is 6.42 Å². The molecule has 1 aromatic heterocycles. The Hall–Kier alpha value is -1.85. The predicted molar refractivity (Wildman–Crippen MR) is 71.2 cm³/mol. The summed E-state index contributed by atoms with van der Waals surface area (Å²) in [4.78, 5) is 25.6. The van der Waals surface area contributed by atoms with Gasteiger partial charge in [-0.15, -0.1) is 0 Å². The second-order valence-corrected chi connectivity index (χ2v) is 5.89. The molecule has 3 rings (SSSR count). The maximum Gasteiger partial charge on any atom is 0.326 e. The van der Waals surface area contributed by atoms with Crippen LogP contribution in [0.5, 0.6) is 0 Å². The van der Waals surface area contributed by atoms with Gasteiger partial charge in [-0.3, -0.25) is 9.48 Å². The van der Waals surface area contributed by atoms with Gasteiger partial charge >= 0.3 is 5.97 Å². The van der Waals surface area contributed by atoms with E-state index in [1.807, 2.05) is 6.92 Å². The van der Waals surface area contributed by atoms with Crippen LogP contribution in [0.25, 0.3) is 0 Å². The van der Waals surface area contributed by atoms with E-state index in [1.165, 1.54) is 4.90 Å². The Labute approximate surface area is 117 Å². The zero-order valence-corrected chi connectivity index (χ0v) is 11.7. The highest BCUT2D eigenvalue weighted by Gasteiger charge is 2.49. The minimum atomic E-state index is -0.889. The van der Waals surface area contributed by atoms with Crippen LogP contribution in [-0.2, 0) is 11.8 Å². The van der Waals surface area contributed by atoms with Crippen molar-refractivity contribution in [1.29, 1.82) is 0 Å². The lowest BCUT2D eigenvalue weighted by Crippen LogP contribution is -2.43. The van der Waals surface area contributed by atoms with Gasteiger partial charge in [-0.2, -0.15) is 5.10 Å². The maximum atomic E-state index is 12.5. The molecule has 0 radical (unpaired) electrons. The van der Waals surface area contributed by atoms with Gasteiger partial charge < -0.3 is 10.0 Å². The number of carbonyl (C=O) groups excluding carboxylic acids is 1. The van der Waals surface area contributed by atoms with Gasteiger partial charge in [-0.25, -0.2) is 4.79 Å². The summed E-state index contributed by atoms with van der Waals surface area (Å²) in [7, 11) is 1.78. The zero-order chi connectivity index (χ0) is 14.4. The van der Waals surface area contributed by atoms with Crippen molar-refractivity contribution in [2.75, 3.05) is 6.54 Å². The Bertz CT molecular complexity index is 547. The Morgan fingerprint density at radius 3 is 2.75 bits per heavy atom. The molecule has 1 aliphatic carbocycles. The number of aromatic nitrogens is 2. The van der Waals surface area contributed by atoms with Crippen molar-refractivity contribution >= 4 is 11.9 Å². The molecule has 6 nitrogen and oxygen atoms in total. The van der Waals surface area contributed by atoms with Crippen molar-refractivity contribution in [2.45, 2.75) is 32.2 Å². The predicted octanol–water partition coefficient (Wildman–Crippen LogP) is 1.05. The highest BCUT2D eigenvalue weighted by atomic mass is 16.4. The van der Waals surface area contributed by atoms with E-state index in [1.54, 1.807) is 17.8 Å². The summed E-state index contributed by atoms with van der Waals surface area (Å²) < 4.78 is 1.64. The molecule has 0 spiro atoms. The minimum absolute atomic E-state index is 0.112. The summed E-state index contributed by atoms with van der Waals surface area (Å²) in [6.45, 7) is 2.42. The normalized spacial score (nSPS) is 28.7. The Kier molecular flexibility index (Phi) is 3.03. The van der Waals surface area contributed by atoms with Crippen molar-refractivity contribution in [2.24, 2.45) is 18.9 Å². The number of fused-ring (bicyclic) bond motifs is 1. The third kappa shape index (κ3) is 1.90. The van der Waals surface area contributed by atoms with Crippen LogP contribution in [0.2, 0.25) is 0 Å². The second-order valence-electron chi connectivity index (χ2n) is 5.89. The molecule has 6 heteroatoms. The van der Waals surface area contributed by atoms with Gasteiger partial charge in [0.15, 0.2) is 5.69 Å². The highest BCUT2D eigenvalue weighted by Crippen LogP contribution is 2.42. The lowest BCUT2D eigenvalue weighted by molar-refractivity contribution is -0.142. The Balaban J connectivity index is 1.88. The Morgan fingerprint density at radius 1 is 1.40 bits per heavy atom. The fraction of sp³-hybridized carbons (Fsp3) is 0.643. The molecule has 3 unspecified atom stereocenters. The molecule has 1 aliphatic heterocycles. The molecule has 1 amide bonds. The van der Waals surface area contributed by atoms with E-state index in [2.05, 4.69) is 5.10 Å². The molecule has 1 N–H and O–H groups in total. The van der Waals surface area contributed by atoms with Gasteiger partial charge in [0.1, 0.15) is 6.04 Å². The van der Waals surface area contributed by atoms with Crippen LogP contribution >= 0.6 is 0 Å². The lowest BCUT2D eigenvalue weighted by Gasteiger charge is -2.23. The monoisotopic (exact) mass is 277 g/mol. The van der Waals surface area contributed by atoms with Gasteiger partial charge in [0.05, 0.1) is 0 Å².